The molecule has 1 atom stereocenters. The lowest BCUT2D eigenvalue weighted by atomic mass is 10.2. The third kappa shape index (κ3) is 4.75. The minimum atomic E-state index is -3.06. The smallest absolute Gasteiger partial charge is 0.315 e. The van der Waals surface area contributed by atoms with Gasteiger partial charge in [0.15, 0.2) is 21.3 Å². The Morgan fingerprint density at radius 2 is 1.92 bits per heavy atom. The van der Waals surface area contributed by atoms with E-state index in [4.69, 9.17) is 9.47 Å². The minimum Gasteiger partial charge on any atom is -0.486 e. The summed E-state index contributed by atoms with van der Waals surface area (Å²) >= 11 is 0. The molecule has 25 heavy (non-hydrogen) atoms. The summed E-state index contributed by atoms with van der Waals surface area (Å²) in [5.74, 6) is 0.767. The van der Waals surface area contributed by atoms with Gasteiger partial charge in [-0.25, -0.2) is 13.2 Å². The number of nitrogens with one attached hydrogen (secondary N) is 3. The highest BCUT2D eigenvalue weighted by atomic mass is 32.2. The van der Waals surface area contributed by atoms with Crippen molar-refractivity contribution >= 4 is 27.5 Å². The van der Waals surface area contributed by atoms with Crippen LogP contribution in [0.4, 0.5) is 10.5 Å². The number of ether oxygens (including phenoxy) is 2. The van der Waals surface area contributed by atoms with Gasteiger partial charge < -0.3 is 25.4 Å². The molecule has 9 nitrogen and oxygen atoms in total. The zero-order valence-electron chi connectivity index (χ0n) is 13.4. The van der Waals surface area contributed by atoms with E-state index in [9.17, 15) is 18.0 Å². The van der Waals surface area contributed by atoms with Crippen LogP contribution in [0.15, 0.2) is 18.2 Å². The topological polar surface area (TPSA) is 123 Å². The summed E-state index contributed by atoms with van der Waals surface area (Å²) in [4.78, 5) is 23.6. The van der Waals surface area contributed by atoms with Crippen molar-refractivity contribution in [1.82, 2.24) is 10.6 Å². The molecule has 136 valence electrons. The number of rotatable bonds is 4. The monoisotopic (exact) mass is 369 g/mol. The Balaban J connectivity index is 1.44. The third-order valence-corrected chi connectivity index (χ3v) is 5.57. The van der Waals surface area contributed by atoms with Gasteiger partial charge >= 0.3 is 6.03 Å². The molecule has 0 bridgehead atoms. The zero-order valence-corrected chi connectivity index (χ0v) is 14.2. The van der Waals surface area contributed by atoms with E-state index in [2.05, 4.69) is 16.0 Å². The van der Waals surface area contributed by atoms with E-state index in [1.807, 2.05) is 0 Å². The van der Waals surface area contributed by atoms with Crippen molar-refractivity contribution in [3.63, 3.8) is 0 Å². The van der Waals surface area contributed by atoms with Crippen molar-refractivity contribution in [3.05, 3.63) is 18.2 Å². The molecule has 3 N–H and O–H groups in total. The number of urea groups is 1. The highest BCUT2D eigenvalue weighted by Gasteiger charge is 2.28. The standard InChI is InChI=1S/C15H19N3O6S/c19-14(8-16-15(20)18-11-3-6-25(21,22)9-11)17-10-1-2-12-13(7-10)24-5-4-23-12/h1-2,7,11H,3-6,8-9H2,(H,17,19)(H2,16,18,20)/t11-/m0/s1. The second-order valence-electron chi connectivity index (χ2n) is 5.83. The number of sulfone groups is 1. The van der Waals surface area contributed by atoms with Crippen LogP contribution >= 0.6 is 0 Å². The molecule has 1 fully saturated rings. The van der Waals surface area contributed by atoms with Gasteiger partial charge in [0.25, 0.3) is 0 Å². The predicted octanol–water partition coefficient (Wildman–Crippen LogP) is -0.117. The van der Waals surface area contributed by atoms with Crippen LogP contribution in [0.1, 0.15) is 6.42 Å². The molecule has 0 unspecified atom stereocenters. The summed E-state index contributed by atoms with van der Waals surface area (Å²) in [5, 5.41) is 7.60. The molecule has 0 spiro atoms. The van der Waals surface area contributed by atoms with Crippen LogP contribution in [0.2, 0.25) is 0 Å². The number of hydrogen-bond donors (Lipinski definition) is 3. The Morgan fingerprint density at radius 1 is 1.16 bits per heavy atom. The summed E-state index contributed by atoms with van der Waals surface area (Å²) in [6, 6.07) is 4.04. The van der Waals surface area contributed by atoms with Crippen LogP contribution in [0.5, 0.6) is 11.5 Å². The van der Waals surface area contributed by atoms with E-state index >= 15 is 0 Å². The molecule has 1 aromatic carbocycles. The Bertz CT molecular complexity index is 779. The Labute approximate surface area is 145 Å². The van der Waals surface area contributed by atoms with Crippen LogP contribution in [0, 0.1) is 0 Å². The lowest BCUT2D eigenvalue weighted by Crippen LogP contribution is -2.45. The molecule has 0 saturated carbocycles. The number of benzene rings is 1. The second kappa shape index (κ2) is 7.18. The van der Waals surface area contributed by atoms with Crippen molar-refractivity contribution in [2.45, 2.75) is 12.5 Å². The zero-order chi connectivity index (χ0) is 17.9. The van der Waals surface area contributed by atoms with Crippen molar-refractivity contribution in [2.24, 2.45) is 0 Å². The van der Waals surface area contributed by atoms with E-state index in [1.165, 1.54) is 0 Å². The molecule has 1 aromatic rings. The van der Waals surface area contributed by atoms with Crippen molar-refractivity contribution < 1.29 is 27.5 Å². The highest BCUT2D eigenvalue weighted by Crippen LogP contribution is 2.32. The SMILES string of the molecule is O=C(CNC(=O)N[C@H]1CCS(=O)(=O)C1)Nc1ccc2c(c1)OCCO2. The number of hydrogen-bond acceptors (Lipinski definition) is 6. The predicted molar refractivity (Wildman–Crippen MR) is 89.7 cm³/mol. The summed E-state index contributed by atoms with van der Waals surface area (Å²) < 4.78 is 33.5. The van der Waals surface area contributed by atoms with Gasteiger partial charge in [-0.3, -0.25) is 4.79 Å². The average Bonchev–Trinajstić information content (AvgIpc) is 2.91. The second-order valence-corrected chi connectivity index (χ2v) is 8.06. The maximum atomic E-state index is 11.9. The molecule has 3 rings (SSSR count). The largest absolute Gasteiger partial charge is 0.486 e. The fraction of sp³-hybridized carbons (Fsp3) is 0.467. The first-order valence-corrected chi connectivity index (χ1v) is 9.68. The highest BCUT2D eigenvalue weighted by molar-refractivity contribution is 7.91. The van der Waals surface area contributed by atoms with Gasteiger partial charge in [0.1, 0.15) is 13.2 Å². The van der Waals surface area contributed by atoms with Crippen LogP contribution in [-0.4, -0.2) is 57.7 Å². The number of amides is 3. The number of fused-ring (bicyclic) bond motifs is 1. The Morgan fingerprint density at radius 3 is 2.64 bits per heavy atom. The molecule has 1 saturated heterocycles. The van der Waals surface area contributed by atoms with Gasteiger partial charge in [-0.2, -0.15) is 0 Å². The minimum absolute atomic E-state index is 0.0657. The number of carbonyl (C=O) groups is 2. The van der Waals surface area contributed by atoms with E-state index in [0.717, 1.165) is 0 Å². The van der Waals surface area contributed by atoms with E-state index in [-0.39, 0.29) is 18.1 Å². The van der Waals surface area contributed by atoms with Crippen LogP contribution in [0.25, 0.3) is 0 Å². The average molecular weight is 369 g/mol. The quantitative estimate of drug-likeness (QED) is 0.680. The van der Waals surface area contributed by atoms with Gasteiger partial charge in [0.05, 0.1) is 18.1 Å². The Hall–Kier alpha value is -2.49. The van der Waals surface area contributed by atoms with Crippen molar-refractivity contribution in [2.75, 3.05) is 36.6 Å². The van der Waals surface area contributed by atoms with Crippen LogP contribution in [0.3, 0.4) is 0 Å². The lowest BCUT2D eigenvalue weighted by Gasteiger charge is -2.19. The van der Waals surface area contributed by atoms with E-state index < -0.39 is 27.8 Å². The molecule has 0 aromatic heterocycles. The van der Waals surface area contributed by atoms with E-state index in [1.54, 1.807) is 18.2 Å². The number of carbonyl (C=O) groups excluding carboxylic acids is 2. The van der Waals surface area contributed by atoms with Gasteiger partial charge in [-0.1, -0.05) is 0 Å². The summed E-state index contributed by atoms with van der Waals surface area (Å²) in [5.41, 5.74) is 0.526. The van der Waals surface area contributed by atoms with Crippen LogP contribution < -0.4 is 25.4 Å². The Kier molecular flexibility index (Phi) is 4.98. The van der Waals surface area contributed by atoms with E-state index in [0.29, 0.717) is 36.8 Å². The van der Waals surface area contributed by atoms with Gasteiger partial charge in [0.2, 0.25) is 5.91 Å². The first-order chi connectivity index (χ1) is 11.9. The normalized spacial score (nSPS) is 20.6. The fourth-order valence-electron chi connectivity index (χ4n) is 2.63. The third-order valence-electron chi connectivity index (χ3n) is 3.80. The lowest BCUT2D eigenvalue weighted by molar-refractivity contribution is -0.115. The molecule has 0 radical (unpaired) electrons. The summed E-state index contributed by atoms with van der Waals surface area (Å²) in [6.45, 7) is 0.697. The molecular formula is C15H19N3O6S. The van der Waals surface area contributed by atoms with Crippen LogP contribution in [-0.2, 0) is 14.6 Å². The first kappa shape index (κ1) is 17.3. The molecule has 10 heteroatoms. The maximum absolute atomic E-state index is 11.9. The van der Waals surface area contributed by atoms with Gasteiger partial charge in [-0.15, -0.1) is 0 Å². The van der Waals surface area contributed by atoms with Crippen molar-refractivity contribution in [1.29, 1.82) is 0 Å². The molecule has 0 aliphatic carbocycles. The number of anilines is 1. The molecule has 2 aliphatic rings. The fourth-order valence-corrected chi connectivity index (χ4v) is 4.31. The first-order valence-electron chi connectivity index (χ1n) is 7.85. The van der Waals surface area contributed by atoms with Gasteiger partial charge in [0, 0.05) is 17.8 Å². The summed E-state index contributed by atoms with van der Waals surface area (Å²) in [7, 11) is -3.06. The molecule has 2 heterocycles. The molecular weight excluding hydrogens is 350 g/mol. The maximum Gasteiger partial charge on any atom is 0.315 e. The van der Waals surface area contributed by atoms with Crippen molar-refractivity contribution in [3.8, 4) is 11.5 Å². The molecule has 2 aliphatic heterocycles. The van der Waals surface area contributed by atoms with Gasteiger partial charge in [-0.05, 0) is 18.6 Å². The summed E-state index contributed by atoms with van der Waals surface area (Å²) in [6.07, 6.45) is 0.388. The molecule has 3 amide bonds.